The molecular formula is C22H13BrClFN2O2S. The number of benzene rings is 3. The van der Waals surface area contributed by atoms with Gasteiger partial charge in [0.25, 0.3) is 11.8 Å². The Hall–Kier alpha value is -2.61. The maximum Gasteiger partial charge on any atom is 0.283 e. The number of anilines is 2. The highest BCUT2D eigenvalue weighted by atomic mass is 79.9. The summed E-state index contributed by atoms with van der Waals surface area (Å²) in [5.74, 6) is -1.87. The van der Waals surface area contributed by atoms with E-state index in [1.165, 1.54) is 18.2 Å². The number of hydrogen-bond acceptors (Lipinski definition) is 4. The summed E-state index contributed by atoms with van der Waals surface area (Å²) in [7, 11) is 0. The van der Waals surface area contributed by atoms with E-state index < -0.39 is 17.6 Å². The van der Waals surface area contributed by atoms with E-state index in [0.717, 1.165) is 26.0 Å². The third kappa shape index (κ3) is 4.14. The zero-order chi connectivity index (χ0) is 21.3. The van der Waals surface area contributed by atoms with Crippen LogP contribution in [0.4, 0.5) is 15.8 Å². The lowest BCUT2D eigenvalue weighted by atomic mass is 10.2. The van der Waals surface area contributed by atoms with Crippen molar-refractivity contribution in [3.05, 3.63) is 98.7 Å². The minimum Gasteiger partial charge on any atom is -0.350 e. The van der Waals surface area contributed by atoms with E-state index in [1.807, 2.05) is 12.1 Å². The topological polar surface area (TPSA) is 49.4 Å². The smallest absolute Gasteiger partial charge is 0.283 e. The van der Waals surface area contributed by atoms with E-state index >= 15 is 0 Å². The maximum absolute atomic E-state index is 14.4. The summed E-state index contributed by atoms with van der Waals surface area (Å²) in [6, 6.07) is 19.7. The molecule has 0 aliphatic carbocycles. The normalized spacial score (nSPS) is 13.9. The van der Waals surface area contributed by atoms with Crippen molar-refractivity contribution < 1.29 is 14.0 Å². The quantitative estimate of drug-likeness (QED) is 0.419. The van der Waals surface area contributed by atoms with Crippen LogP contribution < -0.4 is 10.2 Å². The minimum atomic E-state index is -0.653. The number of nitrogens with zero attached hydrogens (tertiary/aromatic N) is 1. The number of carbonyl (C=O) groups excluding carboxylic acids is 2. The monoisotopic (exact) mass is 502 g/mol. The number of hydrogen-bond donors (Lipinski definition) is 1. The lowest BCUT2D eigenvalue weighted by Crippen LogP contribution is -2.33. The maximum atomic E-state index is 14.4. The van der Waals surface area contributed by atoms with Crippen molar-refractivity contribution in [1.29, 1.82) is 0 Å². The molecule has 0 saturated carbocycles. The molecule has 0 unspecified atom stereocenters. The van der Waals surface area contributed by atoms with Gasteiger partial charge in [-0.3, -0.25) is 9.59 Å². The van der Waals surface area contributed by atoms with Crippen LogP contribution in [0.25, 0.3) is 0 Å². The van der Waals surface area contributed by atoms with Gasteiger partial charge in [-0.2, -0.15) is 0 Å². The van der Waals surface area contributed by atoms with Crippen LogP contribution in [0.5, 0.6) is 0 Å². The third-order valence-corrected chi connectivity index (χ3v) is 6.15. The van der Waals surface area contributed by atoms with Crippen LogP contribution in [-0.4, -0.2) is 11.8 Å². The summed E-state index contributed by atoms with van der Waals surface area (Å²) in [4.78, 5) is 28.1. The van der Waals surface area contributed by atoms with E-state index in [9.17, 15) is 14.0 Å². The van der Waals surface area contributed by atoms with Crippen LogP contribution in [0.3, 0.4) is 0 Å². The molecule has 1 aliphatic rings. The highest BCUT2D eigenvalue weighted by Crippen LogP contribution is 2.38. The summed E-state index contributed by atoms with van der Waals surface area (Å²) >= 11 is 10.4. The van der Waals surface area contributed by atoms with Gasteiger partial charge < -0.3 is 5.32 Å². The van der Waals surface area contributed by atoms with Gasteiger partial charge in [-0.1, -0.05) is 51.4 Å². The first-order valence-electron chi connectivity index (χ1n) is 8.77. The van der Waals surface area contributed by atoms with Gasteiger partial charge in [0.05, 0.1) is 5.69 Å². The number of thioether (sulfide) groups is 1. The second-order valence-corrected chi connectivity index (χ2v) is 8.73. The van der Waals surface area contributed by atoms with Crippen LogP contribution in [0.15, 0.2) is 92.8 Å². The molecule has 0 saturated heterocycles. The Morgan fingerprint density at radius 2 is 1.57 bits per heavy atom. The van der Waals surface area contributed by atoms with Crippen LogP contribution in [0, 0.1) is 5.82 Å². The molecule has 0 bridgehead atoms. The van der Waals surface area contributed by atoms with Crippen LogP contribution >= 0.6 is 39.3 Å². The molecule has 0 aromatic heterocycles. The summed E-state index contributed by atoms with van der Waals surface area (Å²) in [6.45, 7) is 0. The summed E-state index contributed by atoms with van der Waals surface area (Å²) in [5.41, 5.74) is 0.624. The molecule has 0 spiro atoms. The van der Waals surface area contributed by atoms with Gasteiger partial charge >= 0.3 is 0 Å². The van der Waals surface area contributed by atoms with Crippen LogP contribution in [-0.2, 0) is 9.59 Å². The Bertz CT molecular complexity index is 1100. The van der Waals surface area contributed by atoms with Crippen molar-refractivity contribution in [2.45, 2.75) is 4.90 Å². The first-order chi connectivity index (χ1) is 14.4. The molecule has 4 nitrogen and oxygen atoms in total. The Kier molecular flexibility index (Phi) is 5.94. The van der Waals surface area contributed by atoms with E-state index in [0.29, 0.717) is 10.7 Å². The van der Waals surface area contributed by atoms with Gasteiger partial charge in [0.1, 0.15) is 16.4 Å². The van der Waals surface area contributed by atoms with Gasteiger partial charge in [-0.05, 0) is 60.7 Å². The number of nitrogens with one attached hydrogen (secondary N) is 1. The number of imide groups is 1. The van der Waals surface area contributed by atoms with Gasteiger partial charge in [0.2, 0.25) is 0 Å². The predicted molar refractivity (Wildman–Crippen MR) is 121 cm³/mol. The molecule has 1 heterocycles. The predicted octanol–water partition coefficient (Wildman–Crippen LogP) is 6.23. The fourth-order valence-corrected chi connectivity index (χ4v) is 4.18. The van der Waals surface area contributed by atoms with Gasteiger partial charge in [-0.25, -0.2) is 9.29 Å². The standard InChI is InChI=1S/C22H13BrClFN2O2S/c23-13-5-9-15(10-6-13)26-19-20(30-16-11-7-14(24)8-12-16)22(29)27(21(19)28)18-4-2-1-3-17(18)25/h1-12,26H. The molecule has 150 valence electrons. The van der Waals surface area contributed by atoms with Crippen molar-refractivity contribution in [2.24, 2.45) is 0 Å². The molecule has 8 heteroatoms. The van der Waals surface area contributed by atoms with E-state index in [1.54, 1.807) is 42.5 Å². The lowest BCUT2D eigenvalue weighted by molar-refractivity contribution is -0.120. The Balaban J connectivity index is 1.75. The zero-order valence-corrected chi connectivity index (χ0v) is 18.4. The SMILES string of the molecule is O=C1C(Nc2ccc(Br)cc2)=C(Sc2ccc(Cl)cc2)C(=O)N1c1ccccc1F. The number of para-hydroxylation sites is 1. The zero-order valence-electron chi connectivity index (χ0n) is 15.2. The van der Waals surface area contributed by atoms with Crippen LogP contribution in [0.1, 0.15) is 0 Å². The Morgan fingerprint density at radius 3 is 2.23 bits per heavy atom. The number of halogens is 3. The molecule has 4 rings (SSSR count). The molecule has 2 amide bonds. The van der Waals surface area contributed by atoms with E-state index in [4.69, 9.17) is 11.6 Å². The molecule has 1 aliphatic heterocycles. The largest absolute Gasteiger partial charge is 0.350 e. The summed E-state index contributed by atoms with van der Waals surface area (Å²) < 4.78 is 15.2. The first-order valence-corrected chi connectivity index (χ1v) is 10.8. The highest BCUT2D eigenvalue weighted by molar-refractivity contribution is 9.10. The molecule has 3 aromatic rings. The summed E-state index contributed by atoms with van der Waals surface area (Å²) in [6.07, 6.45) is 0. The van der Waals surface area contributed by atoms with Gasteiger partial charge in [-0.15, -0.1) is 0 Å². The summed E-state index contributed by atoms with van der Waals surface area (Å²) in [5, 5.41) is 3.59. The van der Waals surface area contributed by atoms with E-state index in [2.05, 4.69) is 21.2 Å². The molecule has 0 fully saturated rings. The van der Waals surface area contributed by atoms with Crippen molar-refractivity contribution in [1.82, 2.24) is 0 Å². The number of amides is 2. The molecule has 3 aromatic carbocycles. The van der Waals surface area contributed by atoms with Crippen molar-refractivity contribution in [3.8, 4) is 0 Å². The molecule has 1 N–H and O–H groups in total. The first kappa shape index (κ1) is 20.7. The minimum absolute atomic E-state index is 0.0884. The highest BCUT2D eigenvalue weighted by Gasteiger charge is 2.41. The average Bonchev–Trinajstić information content (AvgIpc) is 2.96. The van der Waals surface area contributed by atoms with Gasteiger partial charge in [0.15, 0.2) is 0 Å². The molecule has 0 radical (unpaired) electrons. The number of rotatable bonds is 5. The second-order valence-electron chi connectivity index (χ2n) is 6.29. The third-order valence-electron chi connectivity index (χ3n) is 4.28. The molecule has 0 atom stereocenters. The Morgan fingerprint density at radius 1 is 0.900 bits per heavy atom. The molecule has 30 heavy (non-hydrogen) atoms. The average molecular weight is 504 g/mol. The second kappa shape index (κ2) is 8.63. The fraction of sp³-hybridized carbons (Fsp3) is 0. The lowest BCUT2D eigenvalue weighted by Gasteiger charge is -2.16. The fourth-order valence-electron chi connectivity index (χ4n) is 2.86. The van der Waals surface area contributed by atoms with Gasteiger partial charge in [0, 0.05) is 20.1 Å². The molecular weight excluding hydrogens is 491 g/mol. The van der Waals surface area contributed by atoms with E-state index in [-0.39, 0.29) is 16.3 Å². The number of carbonyl (C=O) groups is 2. The van der Waals surface area contributed by atoms with Crippen LogP contribution in [0.2, 0.25) is 5.02 Å². The van der Waals surface area contributed by atoms with Crippen molar-refractivity contribution in [3.63, 3.8) is 0 Å². The van der Waals surface area contributed by atoms with Crippen molar-refractivity contribution >= 4 is 62.5 Å². The van der Waals surface area contributed by atoms with Crippen molar-refractivity contribution in [2.75, 3.05) is 10.2 Å². The Labute approximate surface area is 189 Å².